The molecule has 0 saturated carbocycles. The van der Waals surface area contributed by atoms with Crippen LogP contribution in [-0.4, -0.2) is 37.2 Å². The molecule has 0 saturated heterocycles. The molecule has 0 aliphatic heterocycles. The second-order valence-electron chi connectivity index (χ2n) is 9.00. The number of nitrogens with one attached hydrogen (secondary N) is 2. The lowest BCUT2D eigenvalue weighted by atomic mass is 9.94. The van der Waals surface area contributed by atoms with Gasteiger partial charge in [0.1, 0.15) is 5.76 Å². The number of urea groups is 1. The Labute approximate surface area is 202 Å². The zero-order chi connectivity index (χ0) is 24.5. The van der Waals surface area contributed by atoms with Crippen LogP contribution in [0, 0.1) is 0 Å². The average Bonchev–Trinajstić information content (AvgIpc) is 3.39. The predicted octanol–water partition coefficient (Wildman–Crippen LogP) is 5.02. The third kappa shape index (κ3) is 5.63. The summed E-state index contributed by atoms with van der Waals surface area (Å²) >= 11 is 1.35. The van der Waals surface area contributed by atoms with Crippen molar-refractivity contribution < 1.29 is 17.6 Å². The van der Waals surface area contributed by atoms with Gasteiger partial charge in [-0.3, -0.25) is 5.32 Å². The highest BCUT2D eigenvalue weighted by Gasteiger charge is 2.19. The molecular formula is C24H26N4O4S2. The van der Waals surface area contributed by atoms with Crippen molar-refractivity contribution in [1.82, 2.24) is 15.3 Å². The number of hydrogen-bond donors (Lipinski definition) is 2. The van der Waals surface area contributed by atoms with Gasteiger partial charge in [0, 0.05) is 24.6 Å². The van der Waals surface area contributed by atoms with E-state index in [1.54, 1.807) is 24.4 Å². The van der Waals surface area contributed by atoms with E-state index >= 15 is 0 Å². The summed E-state index contributed by atoms with van der Waals surface area (Å²) in [5, 5.41) is 6.02. The molecule has 0 bridgehead atoms. The predicted molar refractivity (Wildman–Crippen MR) is 134 cm³/mol. The van der Waals surface area contributed by atoms with E-state index in [1.807, 2.05) is 24.3 Å². The highest BCUT2D eigenvalue weighted by molar-refractivity contribution is 7.90. The molecule has 0 aliphatic carbocycles. The number of amides is 2. The molecule has 2 amide bonds. The van der Waals surface area contributed by atoms with Crippen molar-refractivity contribution in [1.29, 1.82) is 0 Å². The zero-order valence-corrected chi connectivity index (χ0v) is 21.0. The van der Waals surface area contributed by atoms with Gasteiger partial charge in [0.2, 0.25) is 0 Å². The van der Waals surface area contributed by atoms with Crippen LogP contribution in [0.3, 0.4) is 0 Å². The molecule has 0 atom stereocenters. The summed E-state index contributed by atoms with van der Waals surface area (Å²) in [6.45, 7) is 6.53. The minimum absolute atomic E-state index is 0.112. The third-order valence-corrected chi connectivity index (χ3v) is 7.17. The Kier molecular flexibility index (Phi) is 6.46. The number of rotatable bonds is 6. The largest absolute Gasteiger partial charge is 0.445 e. The van der Waals surface area contributed by atoms with Crippen LogP contribution in [0.25, 0.3) is 21.3 Å². The monoisotopic (exact) mass is 498 g/mol. The van der Waals surface area contributed by atoms with E-state index in [9.17, 15) is 13.2 Å². The van der Waals surface area contributed by atoms with Gasteiger partial charge in [-0.05, 0) is 35.4 Å². The number of sulfone groups is 1. The smallest absolute Gasteiger partial charge is 0.321 e. The number of hydrogen-bond acceptors (Lipinski definition) is 7. The molecule has 2 aromatic heterocycles. The number of thiazole rings is 1. The lowest BCUT2D eigenvalue weighted by molar-refractivity contribution is 0.252. The number of anilines is 1. The van der Waals surface area contributed by atoms with Crippen molar-refractivity contribution in [2.75, 3.05) is 18.1 Å². The molecule has 178 valence electrons. The van der Waals surface area contributed by atoms with E-state index in [4.69, 9.17) is 4.42 Å². The van der Waals surface area contributed by atoms with Gasteiger partial charge < -0.3 is 9.73 Å². The van der Waals surface area contributed by atoms with Crippen LogP contribution in [0.15, 0.2) is 58.0 Å². The van der Waals surface area contributed by atoms with Gasteiger partial charge in [0.05, 0.1) is 21.3 Å². The molecule has 0 unspecified atom stereocenters. The first-order valence-corrected chi connectivity index (χ1v) is 13.4. The van der Waals surface area contributed by atoms with E-state index in [-0.39, 0.29) is 16.3 Å². The van der Waals surface area contributed by atoms with Crippen molar-refractivity contribution >= 4 is 42.6 Å². The van der Waals surface area contributed by atoms with Crippen LogP contribution < -0.4 is 10.6 Å². The molecule has 34 heavy (non-hydrogen) atoms. The van der Waals surface area contributed by atoms with Crippen molar-refractivity contribution in [2.45, 2.75) is 37.5 Å². The van der Waals surface area contributed by atoms with Crippen molar-refractivity contribution in [2.24, 2.45) is 0 Å². The fourth-order valence-corrected chi connectivity index (χ4v) is 4.83. The molecular weight excluding hydrogens is 472 g/mol. The van der Waals surface area contributed by atoms with Gasteiger partial charge in [0.15, 0.2) is 20.9 Å². The zero-order valence-electron chi connectivity index (χ0n) is 19.4. The Morgan fingerprint density at radius 1 is 1.12 bits per heavy atom. The number of fused-ring (bicyclic) bond motifs is 1. The van der Waals surface area contributed by atoms with Crippen molar-refractivity contribution in [3.8, 4) is 11.1 Å². The maximum Gasteiger partial charge on any atom is 0.321 e. The third-order valence-electron chi connectivity index (χ3n) is 5.12. The van der Waals surface area contributed by atoms with E-state index < -0.39 is 9.84 Å². The standard InChI is InChI=1S/C24H26N4O4S2/c1-24(2,3)20-14-26-21(32-20)10-11-25-22(29)28-23-27-18-9-8-16(13-19(18)33-23)15-6-5-7-17(12-15)34(4,30)31/h5-9,12-14H,10-11H2,1-4H3,(H2,25,27,28,29). The lowest BCUT2D eigenvalue weighted by Crippen LogP contribution is -2.30. The summed E-state index contributed by atoms with van der Waals surface area (Å²) in [7, 11) is -3.29. The fraction of sp³-hybridized carbons (Fsp3) is 0.292. The topological polar surface area (TPSA) is 114 Å². The van der Waals surface area contributed by atoms with Gasteiger partial charge in [-0.25, -0.2) is 23.2 Å². The molecule has 2 heterocycles. The fourth-order valence-electron chi connectivity index (χ4n) is 3.26. The first kappa shape index (κ1) is 23.9. The number of carbonyl (C=O) groups excluding carboxylic acids is 1. The SMILES string of the molecule is CC(C)(C)c1cnc(CCNC(=O)Nc2nc3ccc(-c4cccc(S(C)(=O)=O)c4)cc3s2)o1. The van der Waals surface area contributed by atoms with Gasteiger partial charge >= 0.3 is 6.03 Å². The second kappa shape index (κ2) is 9.19. The van der Waals surface area contributed by atoms with Crippen LogP contribution in [0.4, 0.5) is 9.93 Å². The molecule has 8 nitrogen and oxygen atoms in total. The summed E-state index contributed by atoms with van der Waals surface area (Å²) < 4.78 is 30.4. The molecule has 0 fully saturated rings. The number of benzene rings is 2. The van der Waals surface area contributed by atoms with E-state index in [0.29, 0.717) is 24.0 Å². The molecule has 0 radical (unpaired) electrons. The second-order valence-corrected chi connectivity index (χ2v) is 12.0. The summed E-state index contributed by atoms with van der Waals surface area (Å²) in [4.78, 5) is 21.3. The minimum atomic E-state index is -3.29. The molecule has 4 aromatic rings. The first-order valence-electron chi connectivity index (χ1n) is 10.7. The van der Waals surface area contributed by atoms with Gasteiger partial charge in [-0.15, -0.1) is 0 Å². The Balaban J connectivity index is 1.39. The molecule has 10 heteroatoms. The number of oxazole rings is 1. The van der Waals surface area contributed by atoms with Crippen molar-refractivity contribution in [3.05, 3.63) is 60.3 Å². The Bertz CT molecular complexity index is 1450. The summed E-state index contributed by atoms with van der Waals surface area (Å²) in [6.07, 6.45) is 3.40. The van der Waals surface area contributed by atoms with Crippen LogP contribution in [0.5, 0.6) is 0 Å². The highest BCUT2D eigenvalue weighted by Crippen LogP contribution is 2.31. The van der Waals surface area contributed by atoms with Gasteiger partial charge in [0.25, 0.3) is 0 Å². The normalized spacial score (nSPS) is 12.1. The maximum atomic E-state index is 12.3. The van der Waals surface area contributed by atoms with E-state index in [1.165, 1.54) is 17.6 Å². The Morgan fingerprint density at radius 2 is 1.88 bits per heavy atom. The van der Waals surface area contributed by atoms with Crippen LogP contribution in [-0.2, 0) is 21.7 Å². The molecule has 2 aromatic carbocycles. The number of carbonyl (C=O) groups is 1. The molecule has 0 spiro atoms. The first-order chi connectivity index (χ1) is 16.0. The Hall–Kier alpha value is -3.24. The Morgan fingerprint density at radius 3 is 2.59 bits per heavy atom. The quantitative estimate of drug-likeness (QED) is 0.386. The summed E-state index contributed by atoms with van der Waals surface area (Å²) in [5.41, 5.74) is 2.31. The molecule has 4 rings (SSSR count). The summed E-state index contributed by atoms with van der Waals surface area (Å²) in [6, 6.07) is 12.1. The van der Waals surface area contributed by atoms with Gasteiger partial charge in [-0.1, -0.05) is 50.3 Å². The number of aromatic nitrogens is 2. The minimum Gasteiger partial charge on any atom is -0.445 e. The van der Waals surface area contributed by atoms with E-state index in [0.717, 1.165) is 27.1 Å². The molecule has 2 N–H and O–H groups in total. The van der Waals surface area contributed by atoms with Crippen LogP contribution in [0.1, 0.15) is 32.4 Å². The van der Waals surface area contributed by atoms with Crippen LogP contribution in [0.2, 0.25) is 0 Å². The highest BCUT2D eigenvalue weighted by atomic mass is 32.2. The van der Waals surface area contributed by atoms with Crippen molar-refractivity contribution in [3.63, 3.8) is 0 Å². The average molecular weight is 499 g/mol. The molecule has 0 aliphatic rings. The lowest BCUT2D eigenvalue weighted by Gasteiger charge is -2.13. The number of nitrogens with zero attached hydrogens (tertiary/aromatic N) is 2. The summed E-state index contributed by atoms with van der Waals surface area (Å²) in [5.74, 6) is 1.39. The van der Waals surface area contributed by atoms with Gasteiger partial charge in [-0.2, -0.15) is 0 Å². The van der Waals surface area contributed by atoms with Crippen LogP contribution >= 0.6 is 11.3 Å². The maximum absolute atomic E-state index is 12.3. The van der Waals surface area contributed by atoms with E-state index in [2.05, 4.69) is 41.4 Å².